The lowest BCUT2D eigenvalue weighted by molar-refractivity contribution is -0.130. The Bertz CT molecular complexity index is 1490. The summed E-state index contributed by atoms with van der Waals surface area (Å²) in [5.41, 5.74) is 4.45. The highest BCUT2D eigenvalue weighted by molar-refractivity contribution is 5.87. The molecule has 204 valence electrons. The second-order valence-electron chi connectivity index (χ2n) is 10.4. The third-order valence-corrected chi connectivity index (χ3v) is 7.94. The van der Waals surface area contributed by atoms with Crippen LogP contribution in [0.5, 0.6) is 0 Å². The van der Waals surface area contributed by atoms with Crippen molar-refractivity contribution in [1.82, 2.24) is 29.4 Å². The fourth-order valence-electron chi connectivity index (χ4n) is 5.62. The number of carbonyl (C=O) groups excluding carboxylic acids is 1. The summed E-state index contributed by atoms with van der Waals surface area (Å²) >= 11 is 0. The Morgan fingerprint density at radius 2 is 1.77 bits per heavy atom. The Balaban J connectivity index is 1.42. The second kappa shape index (κ2) is 10.9. The fraction of sp³-hybridized carbons (Fsp3) is 0.483. The second-order valence-corrected chi connectivity index (χ2v) is 10.4. The molecule has 0 aliphatic carbocycles. The van der Waals surface area contributed by atoms with Crippen LogP contribution in [-0.4, -0.2) is 81.8 Å². The zero-order chi connectivity index (χ0) is 26.9. The van der Waals surface area contributed by atoms with Crippen LogP contribution in [0.4, 0.5) is 5.82 Å². The molecular formula is C29H35N7O3. The topological polar surface area (TPSA) is 98.5 Å². The van der Waals surface area contributed by atoms with E-state index in [1.165, 1.54) is 0 Å². The predicted molar refractivity (Wildman–Crippen MR) is 149 cm³/mol. The van der Waals surface area contributed by atoms with Crippen molar-refractivity contribution >= 4 is 33.8 Å². The maximum absolute atomic E-state index is 11.7. The lowest BCUT2D eigenvalue weighted by Crippen LogP contribution is -2.37. The van der Waals surface area contributed by atoms with Gasteiger partial charge in [0.05, 0.1) is 29.8 Å². The van der Waals surface area contributed by atoms with Crippen molar-refractivity contribution in [2.75, 3.05) is 51.4 Å². The third-order valence-electron chi connectivity index (χ3n) is 7.94. The maximum atomic E-state index is 11.7. The molecule has 1 atom stereocenters. The molecule has 2 saturated heterocycles. The average molecular weight is 530 g/mol. The summed E-state index contributed by atoms with van der Waals surface area (Å²) in [7, 11) is 1.68. The van der Waals surface area contributed by atoms with E-state index in [2.05, 4.69) is 17.0 Å². The number of para-hydroxylation sites is 2. The zero-order valence-corrected chi connectivity index (χ0v) is 22.8. The molecule has 0 N–H and O–H groups in total. The van der Waals surface area contributed by atoms with Gasteiger partial charge in [-0.2, -0.15) is 4.98 Å². The molecule has 1 unspecified atom stereocenters. The van der Waals surface area contributed by atoms with E-state index in [1.54, 1.807) is 14.0 Å². The number of hydrogen-bond acceptors (Lipinski definition) is 8. The van der Waals surface area contributed by atoms with Crippen LogP contribution in [0.1, 0.15) is 44.3 Å². The molecule has 0 radical (unpaired) electrons. The zero-order valence-electron chi connectivity index (χ0n) is 22.8. The van der Waals surface area contributed by atoms with Crippen LogP contribution in [0, 0.1) is 5.92 Å². The Labute approximate surface area is 228 Å². The van der Waals surface area contributed by atoms with Crippen LogP contribution >= 0.6 is 0 Å². The minimum absolute atomic E-state index is 0.161. The van der Waals surface area contributed by atoms with E-state index in [1.807, 2.05) is 40.7 Å². The number of fused-ring (bicyclic) bond motifs is 2. The minimum atomic E-state index is -0.238. The van der Waals surface area contributed by atoms with E-state index in [9.17, 15) is 4.79 Å². The molecule has 10 heteroatoms. The van der Waals surface area contributed by atoms with Crippen LogP contribution in [0.2, 0.25) is 0 Å². The quantitative estimate of drug-likeness (QED) is 0.373. The lowest BCUT2D eigenvalue weighted by atomic mass is 9.92. The highest BCUT2D eigenvalue weighted by Crippen LogP contribution is 2.30. The van der Waals surface area contributed by atoms with Crippen LogP contribution in [-0.2, 0) is 20.7 Å². The van der Waals surface area contributed by atoms with Crippen molar-refractivity contribution in [3.8, 4) is 5.95 Å². The number of pyridine rings is 1. The van der Waals surface area contributed by atoms with Crippen LogP contribution in [0.15, 0.2) is 36.4 Å². The largest absolute Gasteiger partial charge is 0.378 e. The van der Waals surface area contributed by atoms with Gasteiger partial charge in [0.25, 0.3) is 0 Å². The molecule has 39 heavy (non-hydrogen) atoms. The molecule has 4 aromatic rings. The molecule has 2 aliphatic heterocycles. The number of rotatable bonds is 6. The number of carbonyl (C=O) groups is 1. The van der Waals surface area contributed by atoms with Gasteiger partial charge in [-0.15, -0.1) is 0 Å². The third kappa shape index (κ3) is 5.06. The summed E-state index contributed by atoms with van der Waals surface area (Å²) in [6.45, 7) is 8.05. The van der Waals surface area contributed by atoms with E-state index >= 15 is 0 Å². The number of morpholine rings is 1. The number of aromatic nitrogens is 5. The molecule has 5 heterocycles. The van der Waals surface area contributed by atoms with Crippen molar-refractivity contribution in [3.63, 3.8) is 0 Å². The molecule has 0 saturated carbocycles. The van der Waals surface area contributed by atoms with Crippen molar-refractivity contribution in [2.45, 2.75) is 39.2 Å². The Hall–Kier alpha value is -3.63. The molecule has 0 spiro atoms. The number of amides is 1. The first-order valence-corrected chi connectivity index (χ1v) is 13.8. The molecule has 10 nitrogen and oxygen atoms in total. The summed E-state index contributed by atoms with van der Waals surface area (Å²) in [5, 5.41) is 0. The van der Waals surface area contributed by atoms with Crippen molar-refractivity contribution in [2.24, 2.45) is 5.92 Å². The molecule has 6 rings (SSSR count). The molecule has 0 bridgehead atoms. The number of piperidine rings is 1. The lowest BCUT2D eigenvalue weighted by Gasteiger charge is -2.31. The smallest absolute Gasteiger partial charge is 0.238 e. The van der Waals surface area contributed by atoms with Crippen molar-refractivity contribution in [3.05, 3.63) is 47.9 Å². The minimum Gasteiger partial charge on any atom is -0.378 e. The predicted octanol–water partition coefficient (Wildman–Crippen LogP) is 3.71. The van der Waals surface area contributed by atoms with Crippen molar-refractivity contribution in [1.29, 1.82) is 0 Å². The molecule has 2 fully saturated rings. The van der Waals surface area contributed by atoms with Gasteiger partial charge in [-0.05, 0) is 56.4 Å². The molecule has 2 aliphatic rings. The standard InChI is InChI=1S/C29H35N7O3/c1-19(38-3)27-31-23-6-4-5-7-25(23)36(27)29-32-24-9-8-22(18-21-10-12-34(13-11-21)20(2)37)30-26(24)28(33-29)35-14-16-39-17-15-35/h4-9,19,21H,10-18H2,1-3H3. The molecule has 1 amide bonds. The fourth-order valence-corrected chi connectivity index (χ4v) is 5.62. The van der Waals surface area contributed by atoms with Gasteiger partial charge in [0.15, 0.2) is 5.82 Å². The van der Waals surface area contributed by atoms with E-state index in [4.69, 9.17) is 29.4 Å². The Kier molecular flexibility index (Phi) is 7.14. The number of methoxy groups -OCH3 is 1. The Morgan fingerprint density at radius 1 is 1.00 bits per heavy atom. The normalized spacial score (nSPS) is 17.7. The first-order valence-electron chi connectivity index (χ1n) is 13.8. The van der Waals surface area contributed by atoms with E-state index < -0.39 is 0 Å². The maximum Gasteiger partial charge on any atom is 0.238 e. The highest BCUT2D eigenvalue weighted by atomic mass is 16.5. The number of hydrogen-bond donors (Lipinski definition) is 0. The van der Waals surface area contributed by atoms with Gasteiger partial charge in [-0.3, -0.25) is 9.36 Å². The number of likely N-dealkylation sites (tertiary alicyclic amines) is 1. The summed E-state index contributed by atoms with van der Waals surface area (Å²) < 4.78 is 13.3. The SMILES string of the molecule is COC(C)c1nc2ccccc2n1-c1nc(N2CCOCC2)c2nc(CC3CCN(C(C)=O)CC3)ccc2n1. The van der Waals surface area contributed by atoms with Gasteiger partial charge in [-0.25, -0.2) is 15.0 Å². The van der Waals surface area contributed by atoms with Gasteiger partial charge in [-0.1, -0.05) is 12.1 Å². The van der Waals surface area contributed by atoms with Gasteiger partial charge in [0.1, 0.15) is 17.4 Å². The highest BCUT2D eigenvalue weighted by Gasteiger charge is 2.25. The van der Waals surface area contributed by atoms with Gasteiger partial charge in [0.2, 0.25) is 11.9 Å². The molecule has 1 aromatic carbocycles. The van der Waals surface area contributed by atoms with Gasteiger partial charge in [0, 0.05) is 45.9 Å². The van der Waals surface area contributed by atoms with Gasteiger partial charge < -0.3 is 19.3 Å². The van der Waals surface area contributed by atoms with Crippen LogP contribution < -0.4 is 4.90 Å². The van der Waals surface area contributed by atoms with Crippen molar-refractivity contribution < 1.29 is 14.3 Å². The summed E-state index contributed by atoms with van der Waals surface area (Å²) in [5.74, 6) is 2.80. The van der Waals surface area contributed by atoms with Crippen LogP contribution in [0.3, 0.4) is 0 Å². The van der Waals surface area contributed by atoms with E-state index in [-0.39, 0.29) is 12.0 Å². The van der Waals surface area contributed by atoms with Gasteiger partial charge >= 0.3 is 0 Å². The average Bonchev–Trinajstić information content (AvgIpc) is 3.37. The monoisotopic (exact) mass is 529 g/mol. The van der Waals surface area contributed by atoms with Crippen LogP contribution in [0.25, 0.3) is 28.0 Å². The summed E-state index contributed by atoms with van der Waals surface area (Å²) in [6, 6.07) is 12.2. The van der Waals surface area contributed by atoms with E-state index in [0.717, 1.165) is 84.8 Å². The number of imidazole rings is 1. The first kappa shape index (κ1) is 25.6. The first-order chi connectivity index (χ1) is 19.0. The summed E-state index contributed by atoms with van der Waals surface area (Å²) in [6.07, 6.45) is 2.64. The number of ether oxygens (including phenoxy) is 2. The number of benzene rings is 1. The Morgan fingerprint density at radius 3 is 2.51 bits per heavy atom. The molecular weight excluding hydrogens is 494 g/mol. The number of nitrogens with zero attached hydrogens (tertiary/aromatic N) is 7. The molecule has 3 aromatic heterocycles. The summed E-state index contributed by atoms with van der Waals surface area (Å²) in [4.78, 5) is 36.0. The van der Waals surface area contributed by atoms with E-state index in [0.29, 0.717) is 25.1 Å². The number of anilines is 1.